The van der Waals surface area contributed by atoms with E-state index < -0.39 is 0 Å². The van der Waals surface area contributed by atoms with E-state index in [4.69, 9.17) is 11.6 Å². The summed E-state index contributed by atoms with van der Waals surface area (Å²) < 4.78 is 0. The molecular weight excluding hydrogens is 224 g/mol. The van der Waals surface area contributed by atoms with E-state index in [2.05, 4.69) is 17.2 Å². The van der Waals surface area contributed by atoms with Gasteiger partial charge >= 0.3 is 6.03 Å². The monoisotopic (exact) mass is 238 g/mol. The summed E-state index contributed by atoms with van der Waals surface area (Å²) in [4.78, 5) is 11.3. The molecule has 0 spiro atoms. The summed E-state index contributed by atoms with van der Waals surface area (Å²) in [6.45, 7) is 4.13. The van der Waals surface area contributed by atoms with Gasteiger partial charge < -0.3 is 10.6 Å². The normalized spacial score (nSPS) is 9.56. The van der Waals surface area contributed by atoms with E-state index in [0.29, 0.717) is 12.4 Å². The molecule has 0 aromatic heterocycles. The van der Waals surface area contributed by atoms with Crippen LogP contribution in [-0.4, -0.2) is 18.5 Å². The van der Waals surface area contributed by atoms with Crippen LogP contribution >= 0.6 is 11.6 Å². The van der Waals surface area contributed by atoms with E-state index in [1.54, 1.807) is 0 Å². The molecule has 2 N–H and O–H groups in total. The van der Waals surface area contributed by atoms with Crippen molar-refractivity contribution in [3.8, 4) is 0 Å². The van der Waals surface area contributed by atoms with Gasteiger partial charge in [-0.05, 0) is 24.1 Å². The first-order valence-corrected chi connectivity index (χ1v) is 5.60. The lowest BCUT2D eigenvalue weighted by molar-refractivity contribution is 0.252. The van der Waals surface area contributed by atoms with E-state index >= 15 is 0 Å². The minimum atomic E-state index is -0.239. The molecule has 0 atom stereocenters. The van der Waals surface area contributed by atoms with Crippen molar-refractivity contribution >= 4 is 23.3 Å². The number of nitrogens with one attached hydrogen (secondary N) is 2. The Morgan fingerprint density at radius 1 is 1.38 bits per heavy atom. The molecule has 3 nitrogen and oxygen atoms in total. The van der Waals surface area contributed by atoms with Gasteiger partial charge in [-0.15, -0.1) is 18.2 Å². The standard InChI is InChI=1S/C12H15ClN2O/c1-2-3-10-4-6-11(7-5-10)15-12(16)14-9-8-13/h2,4-7H,1,3,8-9H2,(H2,14,15,16). The van der Waals surface area contributed by atoms with Crippen molar-refractivity contribution in [3.05, 3.63) is 42.5 Å². The number of rotatable bonds is 5. The van der Waals surface area contributed by atoms with Crippen molar-refractivity contribution in [2.75, 3.05) is 17.7 Å². The fourth-order valence-corrected chi connectivity index (χ4v) is 1.32. The Balaban J connectivity index is 2.48. The Morgan fingerprint density at radius 3 is 2.62 bits per heavy atom. The van der Waals surface area contributed by atoms with Crippen LogP contribution in [0, 0.1) is 0 Å². The summed E-state index contributed by atoms with van der Waals surface area (Å²) in [6, 6.07) is 7.40. The minimum absolute atomic E-state index is 0.239. The number of hydrogen-bond donors (Lipinski definition) is 2. The molecule has 16 heavy (non-hydrogen) atoms. The second kappa shape index (κ2) is 6.90. The third kappa shape index (κ3) is 4.36. The van der Waals surface area contributed by atoms with Gasteiger partial charge in [-0.2, -0.15) is 0 Å². The van der Waals surface area contributed by atoms with E-state index in [1.807, 2.05) is 30.3 Å². The molecular formula is C12H15ClN2O. The second-order valence-electron chi connectivity index (χ2n) is 3.26. The number of allylic oxidation sites excluding steroid dienone is 1. The Kier molecular flexibility index (Phi) is 5.43. The summed E-state index contributed by atoms with van der Waals surface area (Å²) in [5.41, 5.74) is 1.93. The van der Waals surface area contributed by atoms with Crippen molar-refractivity contribution < 1.29 is 4.79 Å². The van der Waals surface area contributed by atoms with Crippen LogP contribution in [-0.2, 0) is 6.42 Å². The summed E-state index contributed by atoms with van der Waals surface area (Å²) in [7, 11) is 0. The van der Waals surface area contributed by atoms with Crippen LogP contribution in [0.3, 0.4) is 0 Å². The molecule has 0 unspecified atom stereocenters. The zero-order valence-electron chi connectivity index (χ0n) is 9.00. The maximum atomic E-state index is 11.3. The average Bonchev–Trinajstić information content (AvgIpc) is 2.29. The number of alkyl halides is 1. The molecule has 0 fully saturated rings. The predicted octanol–water partition coefficient (Wildman–Crippen LogP) is 2.78. The van der Waals surface area contributed by atoms with Gasteiger partial charge in [0.05, 0.1) is 0 Å². The molecule has 0 aliphatic rings. The largest absolute Gasteiger partial charge is 0.337 e. The number of amides is 2. The van der Waals surface area contributed by atoms with Crippen molar-refractivity contribution in [2.45, 2.75) is 6.42 Å². The maximum absolute atomic E-state index is 11.3. The minimum Gasteiger partial charge on any atom is -0.337 e. The maximum Gasteiger partial charge on any atom is 0.319 e. The fraction of sp³-hybridized carbons (Fsp3) is 0.250. The highest BCUT2D eigenvalue weighted by Crippen LogP contribution is 2.09. The second-order valence-corrected chi connectivity index (χ2v) is 3.64. The lowest BCUT2D eigenvalue weighted by Gasteiger charge is -2.06. The number of urea groups is 1. The van der Waals surface area contributed by atoms with E-state index in [0.717, 1.165) is 12.1 Å². The number of hydrogen-bond acceptors (Lipinski definition) is 1. The number of anilines is 1. The lowest BCUT2D eigenvalue weighted by atomic mass is 10.1. The SMILES string of the molecule is C=CCc1ccc(NC(=O)NCCCl)cc1. The first-order valence-electron chi connectivity index (χ1n) is 5.07. The van der Waals surface area contributed by atoms with Crippen LogP contribution in [0.5, 0.6) is 0 Å². The number of carbonyl (C=O) groups excluding carboxylic acids is 1. The highest BCUT2D eigenvalue weighted by atomic mass is 35.5. The van der Waals surface area contributed by atoms with Gasteiger partial charge in [-0.3, -0.25) is 0 Å². The van der Waals surface area contributed by atoms with Gasteiger partial charge in [0.15, 0.2) is 0 Å². The number of benzene rings is 1. The van der Waals surface area contributed by atoms with Crippen molar-refractivity contribution in [3.63, 3.8) is 0 Å². The molecule has 2 amide bonds. The molecule has 0 aliphatic carbocycles. The van der Waals surface area contributed by atoms with Gasteiger partial charge in [-0.25, -0.2) is 4.79 Å². The molecule has 1 aromatic rings. The molecule has 86 valence electrons. The average molecular weight is 239 g/mol. The smallest absolute Gasteiger partial charge is 0.319 e. The zero-order valence-corrected chi connectivity index (χ0v) is 9.76. The van der Waals surface area contributed by atoms with Gasteiger partial charge in [0.1, 0.15) is 0 Å². The highest BCUT2D eigenvalue weighted by Gasteiger charge is 1.99. The summed E-state index contributed by atoms with van der Waals surface area (Å²) in [5, 5.41) is 5.33. The first-order chi connectivity index (χ1) is 7.76. The van der Waals surface area contributed by atoms with Gasteiger partial charge in [0, 0.05) is 18.1 Å². The molecule has 4 heteroatoms. The van der Waals surface area contributed by atoms with Crippen LogP contribution in [0.4, 0.5) is 10.5 Å². The van der Waals surface area contributed by atoms with E-state index in [1.165, 1.54) is 5.56 Å². The van der Waals surface area contributed by atoms with Crippen LogP contribution < -0.4 is 10.6 Å². The molecule has 0 saturated carbocycles. The number of carbonyl (C=O) groups is 1. The fourth-order valence-electron chi connectivity index (χ4n) is 1.23. The van der Waals surface area contributed by atoms with Gasteiger partial charge in [-0.1, -0.05) is 18.2 Å². The Hall–Kier alpha value is -1.48. The third-order valence-corrected chi connectivity index (χ3v) is 2.16. The molecule has 0 aliphatic heterocycles. The Bertz CT molecular complexity index is 349. The van der Waals surface area contributed by atoms with Crippen LogP contribution in [0.25, 0.3) is 0 Å². The third-order valence-electron chi connectivity index (χ3n) is 1.97. The molecule has 0 heterocycles. The molecule has 1 aromatic carbocycles. The Morgan fingerprint density at radius 2 is 2.06 bits per heavy atom. The van der Waals surface area contributed by atoms with Crippen LogP contribution in [0.2, 0.25) is 0 Å². The van der Waals surface area contributed by atoms with Crippen LogP contribution in [0.15, 0.2) is 36.9 Å². The zero-order chi connectivity index (χ0) is 11.8. The lowest BCUT2D eigenvalue weighted by Crippen LogP contribution is -2.30. The topological polar surface area (TPSA) is 41.1 Å². The van der Waals surface area contributed by atoms with Crippen LogP contribution in [0.1, 0.15) is 5.56 Å². The van der Waals surface area contributed by atoms with Crippen molar-refractivity contribution in [1.29, 1.82) is 0 Å². The van der Waals surface area contributed by atoms with Gasteiger partial charge in [0.25, 0.3) is 0 Å². The van der Waals surface area contributed by atoms with Crippen molar-refractivity contribution in [1.82, 2.24) is 5.32 Å². The van der Waals surface area contributed by atoms with Gasteiger partial charge in [0.2, 0.25) is 0 Å². The molecule has 0 saturated heterocycles. The van der Waals surface area contributed by atoms with Crippen molar-refractivity contribution in [2.24, 2.45) is 0 Å². The Labute approximate surface area is 100 Å². The molecule has 1 rings (SSSR count). The quantitative estimate of drug-likeness (QED) is 0.601. The summed E-state index contributed by atoms with van der Waals surface area (Å²) in [5.74, 6) is 0.408. The number of halogens is 1. The van der Waals surface area contributed by atoms with E-state index in [9.17, 15) is 4.79 Å². The first kappa shape index (κ1) is 12.6. The summed E-state index contributed by atoms with van der Waals surface area (Å²) >= 11 is 5.45. The summed E-state index contributed by atoms with van der Waals surface area (Å²) in [6.07, 6.45) is 2.67. The predicted molar refractivity (Wildman–Crippen MR) is 68.1 cm³/mol. The molecule has 0 bridgehead atoms. The van der Waals surface area contributed by atoms with E-state index in [-0.39, 0.29) is 6.03 Å². The highest BCUT2D eigenvalue weighted by molar-refractivity contribution is 6.18. The molecule has 0 radical (unpaired) electrons.